The van der Waals surface area contributed by atoms with Crippen molar-refractivity contribution in [3.05, 3.63) is 76.5 Å². The first kappa shape index (κ1) is 24.0. The lowest BCUT2D eigenvalue weighted by molar-refractivity contribution is -0.138. The van der Waals surface area contributed by atoms with E-state index in [0.29, 0.717) is 11.4 Å². The fourth-order valence-corrected chi connectivity index (χ4v) is 3.54. The van der Waals surface area contributed by atoms with Crippen LogP contribution in [0.2, 0.25) is 0 Å². The maximum absolute atomic E-state index is 13.2. The van der Waals surface area contributed by atoms with Crippen LogP contribution in [0.1, 0.15) is 31.1 Å². The van der Waals surface area contributed by atoms with Gasteiger partial charge in [0, 0.05) is 41.5 Å². The molecule has 0 aliphatic heterocycles. The van der Waals surface area contributed by atoms with Crippen LogP contribution in [0.3, 0.4) is 0 Å². The summed E-state index contributed by atoms with van der Waals surface area (Å²) in [6, 6.07) is 10.6. The molecule has 0 atom stereocenters. The quantitative estimate of drug-likeness (QED) is 0.407. The molecule has 0 unspecified atom stereocenters. The van der Waals surface area contributed by atoms with Gasteiger partial charge in [-0.05, 0) is 56.7 Å². The molecule has 0 aliphatic carbocycles. The van der Waals surface area contributed by atoms with Crippen LogP contribution in [0.15, 0.2) is 59.7 Å². The first-order chi connectivity index (χ1) is 16.6. The van der Waals surface area contributed by atoms with Crippen molar-refractivity contribution in [3.8, 4) is 22.8 Å². The number of hydrogen-bond acceptors (Lipinski definition) is 6. The van der Waals surface area contributed by atoms with Gasteiger partial charge in [0.15, 0.2) is 0 Å². The number of halogens is 3. The van der Waals surface area contributed by atoms with Crippen LogP contribution in [0.25, 0.3) is 17.1 Å². The van der Waals surface area contributed by atoms with Crippen molar-refractivity contribution in [1.82, 2.24) is 24.3 Å². The molecular weight excluding hydrogens is 461 g/mol. The summed E-state index contributed by atoms with van der Waals surface area (Å²) < 4.78 is 47.5. The maximum Gasteiger partial charge on any atom is 0.417 e. The number of alkyl halides is 3. The van der Waals surface area contributed by atoms with E-state index in [2.05, 4.69) is 20.4 Å². The maximum atomic E-state index is 13.2. The zero-order valence-corrected chi connectivity index (χ0v) is 19.5. The minimum absolute atomic E-state index is 0.0329. The van der Waals surface area contributed by atoms with E-state index < -0.39 is 17.3 Å². The number of rotatable bonds is 6. The van der Waals surface area contributed by atoms with Crippen molar-refractivity contribution < 1.29 is 17.9 Å². The summed E-state index contributed by atoms with van der Waals surface area (Å²) in [6.45, 7) is 5.47. The predicted octanol–water partition coefficient (Wildman–Crippen LogP) is 5.15. The molecule has 3 aromatic heterocycles. The number of ether oxygens (including phenoxy) is 1. The second kappa shape index (κ2) is 9.24. The van der Waals surface area contributed by atoms with Gasteiger partial charge < -0.3 is 10.1 Å². The van der Waals surface area contributed by atoms with Gasteiger partial charge in [0.05, 0.1) is 18.7 Å². The van der Waals surface area contributed by atoms with Gasteiger partial charge in [0.1, 0.15) is 5.75 Å². The standard InChI is InChI=1S/C24H23F3N6O2/c1-14(2)33-23(32-13-17(24(25,26)27)5-8-21(32)34)30-22(31-33)29-18-6-7-19(20(12-18)35-4)16-9-10-28-15(3)11-16/h5-14H,1-4H3,(H,29,31). The lowest BCUT2D eigenvalue weighted by Crippen LogP contribution is -2.23. The Morgan fingerprint density at radius 3 is 2.51 bits per heavy atom. The SMILES string of the molecule is COc1cc(Nc2nc(-n3cc(C(F)(F)F)ccc3=O)n(C(C)C)n2)ccc1-c1ccnc(C)c1. The van der Waals surface area contributed by atoms with Crippen LogP contribution in [-0.2, 0) is 6.18 Å². The van der Waals surface area contributed by atoms with Crippen LogP contribution in [0.4, 0.5) is 24.8 Å². The van der Waals surface area contributed by atoms with Gasteiger partial charge in [0.2, 0.25) is 11.9 Å². The molecule has 0 saturated heterocycles. The molecule has 0 aliphatic rings. The minimum Gasteiger partial charge on any atom is -0.496 e. The molecule has 4 rings (SSSR count). The van der Waals surface area contributed by atoms with Crippen molar-refractivity contribution in [2.24, 2.45) is 0 Å². The molecule has 1 N–H and O–H groups in total. The zero-order valence-electron chi connectivity index (χ0n) is 19.5. The Morgan fingerprint density at radius 2 is 1.86 bits per heavy atom. The first-order valence-corrected chi connectivity index (χ1v) is 10.7. The van der Waals surface area contributed by atoms with E-state index in [1.54, 1.807) is 39.3 Å². The van der Waals surface area contributed by atoms with E-state index in [1.807, 2.05) is 25.1 Å². The van der Waals surface area contributed by atoms with E-state index >= 15 is 0 Å². The molecule has 0 saturated carbocycles. The summed E-state index contributed by atoms with van der Waals surface area (Å²) in [4.78, 5) is 20.9. The number of nitrogens with one attached hydrogen (secondary N) is 1. The Kier molecular flexibility index (Phi) is 6.33. The van der Waals surface area contributed by atoms with Gasteiger partial charge in [-0.2, -0.15) is 18.2 Å². The van der Waals surface area contributed by atoms with Crippen LogP contribution in [0.5, 0.6) is 5.75 Å². The van der Waals surface area contributed by atoms with Crippen molar-refractivity contribution in [2.75, 3.05) is 12.4 Å². The number of pyridine rings is 2. The first-order valence-electron chi connectivity index (χ1n) is 10.7. The molecule has 3 heterocycles. The van der Waals surface area contributed by atoms with Gasteiger partial charge in [-0.25, -0.2) is 4.68 Å². The molecule has 0 fully saturated rings. The Labute approximate surface area is 199 Å². The highest BCUT2D eigenvalue weighted by molar-refractivity contribution is 5.74. The molecule has 0 spiro atoms. The molecule has 8 nitrogen and oxygen atoms in total. The second-order valence-corrected chi connectivity index (χ2v) is 8.12. The summed E-state index contributed by atoms with van der Waals surface area (Å²) in [5.41, 5.74) is 1.65. The summed E-state index contributed by atoms with van der Waals surface area (Å²) >= 11 is 0. The second-order valence-electron chi connectivity index (χ2n) is 8.12. The van der Waals surface area contributed by atoms with E-state index in [4.69, 9.17) is 4.74 Å². The van der Waals surface area contributed by atoms with E-state index in [0.717, 1.165) is 39.7 Å². The van der Waals surface area contributed by atoms with Gasteiger partial charge in [-0.3, -0.25) is 14.3 Å². The van der Waals surface area contributed by atoms with Gasteiger partial charge in [0.25, 0.3) is 5.56 Å². The third kappa shape index (κ3) is 5.03. The molecule has 0 amide bonds. The van der Waals surface area contributed by atoms with Gasteiger partial charge >= 0.3 is 6.18 Å². The number of anilines is 2. The van der Waals surface area contributed by atoms with E-state index in [-0.39, 0.29) is 17.9 Å². The topological polar surface area (TPSA) is 86.9 Å². The highest BCUT2D eigenvalue weighted by Crippen LogP contribution is 2.33. The van der Waals surface area contributed by atoms with Crippen molar-refractivity contribution in [1.29, 1.82) is 0 Å². The highest BCUT2D eigenvalue weighted by atomic mass is 19.4. The summed E-state index contributed by atoms with van der Waals surface area (Å²) in [6.07, 6.45) is -2.16. The van der Waals surface area contributed by atoms with E-state index in [9.17, 15) is 18.0 Å². The average Bonchev–Trinajstić information content (AvgIpc) is 3.22. The highest BCUT2D eigenvalue weighted by Gasteiger charge is 2.31. The Morgan fingerprint density at radius 1 is 1.09 bits per heavy atom. The van der Waals surface area contributed by atoms with Crippen LogP contribution >= 0.6 is 0 Å². The van der Waals surface area contributed by atoms with Gasteiger partial charge in [-0.15, -0.1) is 5.10 Å². The lowest BCUT2D eigenvalue weighted by atomic mass is 10.0. The molecule has 11 heteroatoms. The number of aryl methyl sites for hydroxylation is 1. The monoisotopic (exact) mass is 484 g/mol. The molecule has 35 heavy (non-hydrogen) atoms. The lowest BCUT2D eigenvalue weighted by Gasteiger charge is -2.12. The molecule has 0 bridgehead atoms. The summed E-state index contributed by atoms with van der Waals surface area (Å²) in [5.74, 6) is 0.681. The molecule has 0 radical (unpaired) electrons. The largest absolute Gasteiger partial charge is 0.496 e. The third-order valence-corrected chi connectivity index (χ3v) is 5.22. The number of methoxy groups -OCH3 is 1. The predicted molar refractivity (Wildman–Crippen MR) is 125 cm³/mol. The number of benzene rings is 1. The minimum atomic E-state index is -4.61. The van der Waals surface area contributed by atoms with Gasteiger partial charge in [-0.1, -0.05) is 0 Å². The smallest absolute Gasteiger partial charge is 0.417 e. The molecule has 182 valence electrons. The molecule has 1 aromatic carbocycles. The third-order valence-electron chi connectivity index (χ3n) is 5.22. The fraction of sp³-hybridized carbons (Fsp3) is 0.250. The number of nitrogens with zero attached hydrogens (tertiary/aromatic N) is 5. The molecule has 4 aromatic rings. The normalized spacial score (nSPS) is 11.7. The van der Waals surface area contributed by atoms with Crippen molar-refractivity contribution in [2.45, 2.75) is 33.0 Å². The Balaban J connectivity index is 1.72. The van der Waals surface area contributed by atoms with Crippen LogP contribution < -0.4 is 15.6 Å². The average molecular weight is 484 g/mol. The Bertz CT molecular complexity index is 1430. The number of aromatic nitrogens is 5. The van der Waals surface area contributed by atoms with Crippen LogP contribution in [-0.4, -0.2) is 31.4 Å². The Hall–Kier alpha value is -4.15. The number of hydrogen-bond donors (Lipinski definition) is 1. The van der Waals surface area contributed by atoms with E-state index in [1.165, 1.54) is 4.68 Å². The van der Waals surface area contributed by atoms with Crippen molar-refractivity contribution in [3.63, 3.8) is 0 Å². The fourth-order valence-electron chi connectivity index (χ4n) is 3.54. The zero-order chi connectivity index (χ0) is 25.3. The van der Waals surface area contributed by atoms with Crippen LogP contribution in [0, 0.1) is 6.92 Å². The summed E-state index contributed by atoms with van der Waals surface area (Å²) in [5, 5.41) is 7.41. The summed E-state index contributed by atoms with van der Waals surface area (Å²) in [7, 11) is 1.56. The molecular formula is C24H23F3N6O2. The van der Waals surface area contributed by atoms with Crippen molar-refractivity contribution >= 4 is 11.6 Å².